The van der Waals surface area contributed by atoms with Crippen LogP contribution in [0.4, 0.5) is 0 Å². The molecule has 0 radical (unpaired) electrons. The Bertz CT molecular complexity index is 496. The Balaban J connectivity index is 1.88. The number of amides is 1. The minimum atomic E-state index is -0.360. The molecule has 0 saturated heterocycles. The lowest BCUT2D eigenvalue weighted by Gasteiger charge is -2.26. The third-order valence-electron chi connectivity index (χ3n) is 4.60. The molecule has 1 aromatic carbocycles. The maximum Gasteiger partial charge on any atom is 0.381 e. The van der Waals surface area contributed by atoms with Crippen LogP contribution in [0.25, 0.3) is 0 Å². The largest absolute Gasteiger partial charge is 0.381 e. The molecular weight excluding hydrogens is 273 g/mol. The summed E-state index contributed by atoms with van der Waals surface area (Å²) in [6.45, 7) is 0.999. The van der Waals surface area contributed by atoms with Crippen LogP contribution >= 0.6 is 0 Å². The average Bonchev–Trinajstić information content (AvgIpc) is 3.09. The number of hydrogen-bond acceptors (Lipinski definition) is 3. The van der Waals surface area contributed by atoms with Gasteiger partial charge in [-0.25, -0.2) is 5.26 Å². The molecule has 0 aliphatic heterocycles. The number of hydrogen-bond donors (Lipinski definition) is 0. The van der Waals surface area contributed by atoms with Crippen LogP contribution < -0.4 is 0 Å². The van der Waals surface area contributed by atoms with Gasteiger partial charge >= 0.3 is 6.85 Å². The molecule has 0 aromatic heterocycles. The molecule has 0 unspecified atom stereocenters. The van der Waals surface area contributed by atoms with Crippen molar-refractivity contribution < 1.29 is 4.79 Å². The lowest BCUT2D eigenvalue weighted by molar-refractivity contribution is -0.114. The van der Waals surface area contributed by atoms with Gasteiger partial charge in [-0.05, 0) is 38.3 Å². The summed E-state index contributed by atoms with van der Waals surface area (Å²) < 4.78 is 0. The first-order valence-corrected chi connectivity index (χ1v) is 8.09. The van der Waals surface area contributed by atoms with Gasteiger partial charge in [0, 0.05) is 18.6 Å². The van der Waals surface area contributed by atoms with Crippen LogP contribution in [0.5, 0.6) is 0 Å². The number of carbonyl (C=O) groups is 1. The van der Waals surface area contributed by atoms with Crippen molar-refractivity contribution in [1.29, 1.82) is 5.26 Å². The predicted molar refractivity (Wildman–Crippen MR) is 89.1 cm³/mol. The van der Waals surface area contributed by atoms with Crippen molar-refractivity contribution in [3.05, 3.63) is 35.9 Å². The molecule has 0 heterocycles. The number of nitriles is 1. The van der Waals surface area contributed by atoms with Crippen LogP contribution in [-0.2, 0) is 11.3 Å². The number of carbonyl (C=O) groups excluding carboxylic acids is 1. The third-order valence-corrected chi connectivity index (χ3v) is 4.60. The van der Waals surface area contributed by atoms with E-state index in [1.54, 1.807) is 4.81 Å². The highest BCUT2D eigenvalue weighted by atomic mass is 16.1. The molecule has 0 bridgehead atoms. The van der Waals surface area contributed by atoms with Crippen LogP contribution in [-0.4, -0.2) is 42.6 Å². The summed E-state index contributed by atoms with van der Waals surface area (Å²) in [4.78, 5) is 15.3. The highest BCUT2D eigenvalue weighted by Gasteiger charge is 2.25. The van der Waals surface area contributed by atoms with Crippen molar-refractivity contribution >= 4 is 13.3 Å². The van der Waals surface area contributed by atoms with E-state index in [0.717, 1.165) is 18.5 Å². The van der Waals surface area contributed by atoms with E-state index in [-0.39, 0.29) is 6.85 Å². The molecule has 4 nitrogen and oxygen atoms in total. The quantitative estimate of drug-likeness (QED) is 0.547. The highest BCUT2D eigenvalue weighted by molar-refractivity contribution is 6.65. The van der Waals surface area contributed by atoms with Gasteiger partial charge < -0.3 is 9.71 Å². The van der Waals surface area contributed by atoms with Crippen LogP contribution in [0.3, 0.4) is 0 Å². The van der Waals surface area contributed by atoms with Crippen molar-refractivity contribution in [3.8, 4) is 5.97 Å². The van der Waals surface area contributed by atoms with E-state index in [1.807, 2.05) is 30.3 Å². The Morgan fingerprint density at radius 3 is 2.59 bits per heavy atom. The van der Waals surface area contributed by atoms with Gasteiger partial charge in [-0.3, -0.25) is 4.79 Å². The summed E-state index contributed by atoms with van der Waals surface area (Å²) in [6.07, 6.45) is 6.64. The summed E-state index contributed by atoms with van der Waals surface area (Å²) in [5, 5.41) is 9.41. The molecule has 22 heavy (non-hydrogen) atoms. The molecule has 1 aromatic rings. The minimum Gasteiger partial charge on any atom is -0.371 e. The van der Waals surface area contributed by atoms with Crippen LogP contribution in [0.15, 0.2) is 30.3 Å². The molecular formula is C17H24BN3O. The van der Waals surface area contributed by atoms with Crippen molar-refractivity contribution in [2.24, 2.45) is 0 Å². The zero-order chi connectivity index (χ0) is 15.8. The SMILES string of the molecule is CN(CCB(C#N)N(C=O)Cc1ccccc1)C1CCCC1. The van der Waals surface area contributed by atoms with E-state index >= 15 is 0 Å². The number of benzene rings is 1. The molecule has 1 fully saturated rings. The van der Waals surface area contributed by atoms with Gasteiger partial charge in [0.1, 0.15) is 0 Å². The zero-order valence-electron chi connectivity index (χ0n) is 13.3. The van der Waals surface area contributed by atoms with Crippen molar-refractivity contribution in [1.82, 2.24) is 9.71 Å². The Morgan fingerprint density at radius 1 is 1.32 bits per heavy atom. The number of rotatable bonds is 8. The molecule has 1 aliphatic rings. The Hall–Kier alpha value is -1.80. The monoisotopic (exact) mass is 297 g/mol. The van der Waals surface area contributed by atoms with E-state index in [4.69, 9.17) is 0 Å². The van der Waals surface area contributed by atoms with Crippen LogP contribution in [0, 0.1) is 11.2 Å². The molecule has 1 saturated carbocycles. The van der Waals surface area contributed by atoms with Gasteiger partial charge in [0.2, 0.25) is 0 Å². The topological polar surface area (TPSA) is 47.3 Å². The maximum absolute atomic E-state index is 11.4. The van der Waals surface area contributed by atoms with E-state index in [9.17, 15) is 10.1 Å². The Morgan fingerprint density at radius 2 is 2.00 bits per heavy atom. The minimum absolute atomic E-state index is 0.360. The second-order valence-electron chi connectivity index (χ2n) is 6.12. The summed E-state index contributed by atoms with van der Waals surface area (Å²) in [7, 11) is 2.13. The van der Waals surface area contributed by atoms with E-state index < -0.39 is 0 Å². The van der Waals surface area contributed by atoms with Crippen LogP contribution in [0.1, 0.15) is 31.2 Å². The van der Waals surface area contributed by atoms with Crippen molar-refractivity contribution in [3.63, 3.8) is 0 Å². The Labute approximate surface area is 133 Å². The molecule has 1 amide bonds. The molecule has 116 valence electrons. The predicted octanol–water partition coefficient (Wildman–Crippen LogP) is 2.57. The first-order valence-electron chi connectivity index (χ1n) is 8.09. The van der Waals surface area contributed by atoms with E-state index in [0.29, 0.717) is 18.9 Å². The van der Waals surface area contributed by atoms with Crippen molar-refractivity contribution in [2.45, 2.75) is 44.6 Å². The molecule has 0 N–H and O–H groups in total. The Kier molecular flexibility index (Phi) is 6.48. The van der Waals surface area contributed by atoms with E-state index in [1.165, 1.54) is 25.7 Å². The zero-order valence-corrected chi connectivity index (χ0v) is 13.3. The van der Waals surface area contributed by atoms with Gasteiger partial charge in [0.05, 0.1) is 0 Å². The fourth-order valence-electron chi connectivity index (χ4n) is 3.17. The lowest BCUT2D eigenvalue weighted by Crippen LogP contribution is -2.40. The molecule has 0 spiro atoms. The van der Waals surface area contributed by atoms with Gasteiger partial charge in [0.25, 0.3) is 0 Å². The average molecular weight is 297 g/mol. The van der Waals surface area contributed by atoms with Gasteiger partial charge in [0.15, 0.2) is 6.41 Å². The molecule has 1 aliphatic carbocycles. The summed E-state index contributed by atoms with van der Waals surface area (Å²) in [5.41, 5.74) is 1.05. The summed E-state index contributed by atoms with van der Waals surface area (Å²) in [6, 6.07) is 10.5. The number of nitrogens with zero attached hydrogens (tertiary/aromatic N) is 3. The van der Waals surface area contributed by atoms with Crippen molar-refractivity contribution in [2.75, 3.05) is 13.6 Å². The highest BCUT2D eigenvalue weighted by Crippen LogP contribution is 2.22. The maximum atomic E-state index is 11.4. The second kappa shape index (κ2) is 8.60. The van der Waals surface area contributed by atoms with Gasteiger partial charge in [-0.15, -0.1) is 0 Å². The third kappa shape index (κ3) is 4.61. The fraction of sp³-hybridized carbons (Fsp3) is 0.529. The normalized spacial score (nSPS) is 14.8. The lowest BCUT2D eigenvalue weighted by atomic mass is 9.59. The van der Waals surface area contributed by atoms with E-state index in [2.05, 4.69) is 17.9 Å². The summed E-state index contributed by atoms with van der Waals surface area (Å²) in [5.74, 6) is 2.29. The van der Waals surface area contributed by atoms with Gasteiger partial charge in [-0.2, -0.15) is 0 Å². The molecule has 5 heteroatoms. The standard InChI is InChI=1S/C17H24BN3O/c1-20(17-9-5-6-10-17)12-11-18(14-19)21(15-22)13-16-7-3-2-4-8-16/h2-4,7-8,15,17H,5-6,9-13H2,1H3. The second-order valence-corrected chi connectivity index (χ2v) is 6.12. The first kappa shape index (κ1) is 16.6. The molecule has 0 atom stereocenters. The molecule has 2 rings (SSSR count). The first-order chi connectivity index (χ1) is 10.7. The summed E-state index contributed by atoms with van der Waals surface area (Å²) >= 11 is 0. The fourth-order valence-corrected chi connectivity index (χ4v) is 3.17. The van der Waals surface area contributed by atoms with Crippen LogP contribution in [0.2, 0.25) is 6.32 Å². The van der Waals surface area contributed by atoms with Gasteiger partial charge in [-0.1, -0.05) is 43.2 Å². The smallest absolute Gasteiger partial charge is 0.371 e.